The molecule has 3 aromatic rings. The van der Waals surface area contributed by atoms with Crippen LogP contribution in [-0.2, 0) is 33.5 Å². The Morgan fingerprint density at radius 1 is 1.00 bits per heavy atom. The normalized spacial score (nSPS) is 16.1. The predicted octanol–water partition coefficient (Wildman–Crippen LogP) is 3.37. The van der Waals surface area contributed by atoms with Gasteiger partial charge in [0.1, 0.15) is 5.75 Å². The molecule has 0 saturated carbocycles. The first-order valence-electron chi connectivity index (χ1n) is 11.2. The monoisotopic (exact) mass is 480 g/mol. The Balaban J connectivity index is 1.55. The van der Waals surface area contributed by atoms with Gasteiger partial charge in [0.15, 0.2) is 6.61 Å². The third-order valence-corrected chi connectivity index (χ3v) is 7.19. The van der Waals surface area contributed by atoms with Crippen LogP contribution in [0, 0.1) is 0 Å². The number of ether oxygens (including phenoxy) is 1. The van der Waals surface area contributed by atoms with Gasteiger partial charge in [-0.15, -0.1) is 0 Å². The van der Waals surface area contributed by atoms with E-state index in [1.54, 1.807) is 18.2 Å². The van der Waals surface area contributed by atoms with Crippen molar-refractivity contribution in [3.8, 4) is 5.75 Å². The molecular formula is C26H28N2O5S. The summed E-state index contributed by atoms with van der Waals surface area (Å²) in [6, 6.07) is 24.6. The summed E-state index contributed by atoms with van der Waals surface area (Å²) in [7, 11) is -3.53. The van der Waals surface area contributed by atoms with Gasteiger partial charge in [-0.1, -0.05) is 66.7 Å². The van der Waals surface area contributed by atoms with Gasteiger partial charge in [0.25, 0.3) is 0 Å². The summed E-state index contributed by atoms with van der Waals surface area (Å²) in [6.07, 6.45) is 0.764. The van der Waals surface area contributed by atoms with Crippen molar-refractivity contribution in [2.75, 3.05) is 19.7 Å². The molecule has 34 heavy (non-hydrogen) atoms. The number of carboxylic acid groups (broad SMARTS) is 1. The molecule has 1 unspecified atom stereocenters. The van der Waals surface area contributed by atoms with Gasteiger partial charge in [0, 0.05) is 25.7 Å². The number of nitrogens with zero attached hydrogens (tertiary/aromatic N) is 1. The van der Waals surface area contributed by atoms with Crippen LogP contribution >= 0.6 is 0 Å². The van der Waals surface area contributed by atoms with E-state index < -0.39 is 22.6 Å². The van der Waals surface area contributed by atoms with Crippen LogP contribution < -0.4 is 9.46 Å². The summed E-state index contributed by atoms with van der Waals surface area (Å²) in [5, 5.41) is 8.89. The maximum atomic E-state index is 12.8. The van der Waals surface area contributed by atoms with E-state index in [0.717, 1.165) is 35.2 Å². The van der Waals surface area contributed by atoms with Gasteiger partial charge in [-0.25, -0.2) is 17.9 Å². The minimum absolute atomic E-state index is 0.0753. The zero-order valence-electron chi connectivity index (χ0n) is 18.8. The second-order valence-electron chi connectivity index (χ2n) is 8.36. The van der Waals surface area contributed by atoms with Gasteiger partial charge in [-0.2, -0.15) is 0 Å². The average molecular weight is 481 g/mol. The van der Waals surface area contributed by atoms with E-state index in [0.29, 0.717) is 12.3 Å². The van der Waals surface area contributed by atoms with Gasteiger partial charge in [0.2, 0.25) is 10.0 Å². The number of fused-ring (bicyclic) bond motifs is 1. The molecule has 0 aliphatic carbocycles. The average Bonchev–Trinajstić information content (AvgIpc) is 2.83. The lowest BCUT2D eigenvalue weighted by Gasteiger charge is -2.37. The Bertz CT molecular complexity index is 1220. The second kappa shape index (κ2) is 10.8. The third-order valence-electron chi connectivity index (χ3n) is 5.87. The molecule has 0 fully saturated rings. The van der Waals surface area contributed by atoms with Crippen LogP contribution in [0.15, 0.2) is 78.9 Å². The van der Waals surface area contributed by atoms with Crippen molar-refractivity contribution in [1.29, 1.82) is 0 Å². The van der Waals surface area contributed by atoms with E-state index in [2.05, 4.69) is 21.8 Å². The molecule has 2 N–H and O–H groups in total. The van der Waals surface area contributed by atoms with Crippen molar-refractivity contribution < 1.29 is 23.1 Å². The molecule has 1 atom stereocenters. The number of carbonyl (C=O) groups is 1. The summed E-state index contributed by atoms with van der Waals surface area (Å²) in [4.78, 5) is 13.1. The molecule has 8 heteroatoms. The molecule has 0 bridgehead atoms. The number of carboxylic acids is 1. The third kappa shape index (κ3) is 6.44. The summed E-state index contributed by atoms with van der Waals surface area (Å²) >= 11 is 0. The lowest BCUT2D eigenvalue weighted by Crippen LogP contribution is -2.42. The van der Waals surface area contributed by atoms with Crippen molar-refractivity contribution in [2.24, 2.45) is 0 Å². The highest BCUT2D eigenvalue weighted by molar-refractivity contribution is 7.88. The van der Waals surface area contributed by atoms with Crippen molar-refractivity contribution in [3.05, 3.63) is 101 Å². The van der Waals surface area contributed by atoms with Crippen molar-refractivity contribution >= 4 is 16.0 Å². The highest BCUT2D eigenvalue weighted by Gasteiger charge is 2.29. The number of sulfonamides is 1. The minimum Gasteiger partial charge on any atom is -0.482 e. The standard InChI is InChI=1S/C26H28N2O5S/c29-26(30)18-33-23-11-12-24-22(15-23)13-14-28(17-20-7-3-1-4-8-20)25(24)16-27-34(31,32)19-21-9-5-2-6-10-21/h1-12,15,25,27H,13-14,16-19H2,(H,29,30). The zero-order chi connectivity index (χ0) is 24.0. The predicted molar refractivity (Wildman–Crippen MR) is 130 cm³/mol. The smallest absolute Gasteiger partial charge is 0.341 e. The molecule has 1 heterocycles. The van der Waals surface area contributed by atoms with Crippen LogP contribution in [0.25, 0.3) is 0 Å². The van der Waals surface area contributed by atoms with Crippen LogP contribution in [0.5, 0.6) is 5.75 Å². The Morgan fingerprint density at radius 3 is 2.35 bits per heavy atom. The lowest BCUT2D eigenvalue weighted by molar-refractivity contribution is -0.139. The van der Waals surface area contributed by atoms with Gasteiger partial charge < -0.3 is 9.84 Å². The Hall–Kier alpha value is -3.20. The molecule has 1 aliphatic rings. The fourth-order valence-corrected chi connectivity index (χ4v) is 5.42. The molecule has 0 spiro atoms. The maximum absolute atomic E-state index is 12.8. The quantitative estimate of drug-likeness (QED) is 0.462. The SMILES string of the molecule is O=C(O)COc1ccc2c(c1)CCN(Cc1ccccc1)C2CNS(=O)(=O)Cc1ccccc1. The van der Waals surface area contributed by atoms with E-state index in [1.165, 1.54) is 0 Å². The Morgan fingerprint density at radius 2 is 1.68 bits per heavy atom. The molecular weight excluding hydrogens is 452 g/mol. The van der Waals surface area contributed by atoms with Gasteiger partial charge in [-0.05, 0) is 40.8 Å². The Labute approximate surface area is 200 Å². The van der Waals surface area contributed by atoms with E-state index >= 15 is 0 Å². The molecule has 1 aliphatic heterocycles. The van der Waals surface area contributed by atoms with Crippen LogP contribution in [0.4, 0.5) is 0 Å². The number of benzene rings is 3. The molecule has 178 valence electrons. The molecule has 0 amide bonds. The van der Waals surface area contributed by atoms with Crippen molar-refractivity contribution in [1.82, 2.24) is 9.62 Å². The van der Waals surface area contributed by atoms with Crippen LogP contribution in [0.3, 0.4) is 0 Å². The van der Waals surface area contributed by atoms with Crippen LogP contribution in [0.1, 0.15) is 28.3 Å². The molecule has 0 saturated heterocycles. The number of aliphatic carboxylic acids is 1. The van der Waals surface area contributed by atoms with E-state index in [1.807, 2.05) is 48.5 Å². The van der Waals surface area contributed by atoms with E-state index in [4.69, 9.17) is 9.84 Å². The summed E-state index contributed by atoms with van der Waals surface area (Å²) < 4.78 is 33.8. The maximum Gasteiger partial charge on any atom is 0.341 e. The van der Waals surface area contributed by atoms with Gasteiger partial charge in [0.05, 0.1) is 5.75 Å². The lowest BCUT2D eigenvalue weighted by atomic mass is 9.92. The number of hydrogen-bond acceptors (Lipinski definition) is 5. The number of rotatable bonds is 10. The topological polar surface area (TPSA) is 95.9 Å². The van der Waals surface area contributed by atoms with Crippen LogP contribution in [0.2, 0.25) is 0 Å². The minimum atomic E-state index is -3.53. The molecule has 0 aromatic heterocycles. The fourth-order valence-electron chi connectivity index (χ4n) is 4.27. The first kappa shape index (κ1) is 23.9. The van der Waals surface area contributed by atoms with E-state index in [9.17, 15) is 13.2 Å². The van der Waals surface area contributed by atoms with Gasteiger partial charge >= 0.3 is 5.97 Å². The van der Waals surface area contributed by atoms with E-state index in [-0.39, 0.29) is 18.3 Å². The van der Waals surface area contributed by atoms with Gasteiger partial charge in [-0.3, -0.25) is 4.90 Å². The van der Waals surface area contributed by atoms with Crippen LogP contribution in [-0.4, -0.2) is 44.1 Å². The van der Waals surface area contributed by atoms with Crippen molar-refractivity contribution in [2.45, 2.75) is 24.8 Å². The van der Waals surface area contributed by atoms with Crippen molar-refractivity contribution in [3.63, 3.8) is 0 Å². The second-order valence-corrected chi connectivity index (χ2v) is 10.2. The summed E-state index contributed by atoms with van der Waals surface area (Å²) in [5.74, 6) is -0.604. The first-order chi connectivity index (χ1) is 16.4. The highest BCUT2D eigenvalue weighted by atomic mass is 32.2. The number of nitrogens with one attached hydrogen (secondary N) is 1. The number of hydrogen-bond donors (Lipinski definition) is 2. The molecule has 4 rings (SSSR count). The first-order valence-corrected chi connectivity index (χ1v) is 12.8. The summed E-state index contributed by atoms with van der Waals surface area (Å²) in [5.41, 5.74) is 3.96. The largest absolute Gasteiger partial charge is 0.482 e. The molecule has 0 radical (unpaired) electrons. The fraction of sp³-hybridized carbons (Fsp3) is 0.269. The summed E-state index contributed by atoms with van der Waals surface area (Å²) in [6.45, 7) is 1.28. The molecule has 3 aromatic carbocycles. The highest BCUT2D eigenvalue weighted by Crippen LogP contribution is 2.33. The zero-order valence-corrected chi connectivity index (χ0v) is 19.6. The molecule has 7 nitrogen and oxygen atoms in total. The Kier molecular flexibility index (Phi) is 7.62.